The fourth-order valence-corrected chi connectivity index (χ4v) is 1.56. The molecule has 58 valence electrons. The summed E-state index contributed by atoms with van der Waals surface area (Å²) in [5.74, 6) is 0. The molecule has 0 saturated carbocycles. The van der Waals surface area contributed by atoms with Crippen molar-refractivity contribution in [1.82, 2.24) is 9.97 Å². The molecule has 0 bridgehead atoms. The summed E-state index contributed by atoms with van der Waals surface area (Å²) in [5, 5.41) is 11.5. The summed E-state index contributed by atoms with van der Waals surface area (Å²) < 4.78 is 0. The average molecular weight is 175 g/mol. The van der Waals surface area contributed by atoms with Crippen molar-refractivity contribution >= 4 is 22.8 Å². The van der Waals surface area contributed by atoms with Crippen molar-refractivity contribution in [3.05, 3.63) is 24.5 Å². The highest BCUT2D eigenvalue weighted by atomic mass is 32.2. The van der Waals surface area contributed by atoms with E-state index in [1.165, 1.54) is 0 Å². The van der Waals surface area contributed by atoms with Crippen LogP contribution in [0.5, 0.6) is 0 Å². The maximum atomic E-state index is 8.48. The molecule has 0 aliphatic rings. The summed E-state index contributed by atoms with van der Waals surface area (Å²) in [7, 11) is 0. The van der Waals surface area contributed by atoms with Crippen LogP contribution in [0, 0.1) is 10.7 Å². The second-order valence-electron chi connectivity index (χ2n) is 2.25. The zero-order valence-corrected chi connectivity index (χ0v) is 6.93. The van der Waals surface area contributed by atoms with Gasteiger partial charge in [0.25, 0.3) is 0 Å². The number of thiocyanates is 1. The number of aromatic amines is 1. The van der Waals surface area contributed by atoms with Crippen molar-refractivity contribution < 1.29 is 0 Å². The standard InChI is InChI=1S/C8H5N3S/c9-5-12-7-4-11-8-6(7)2-1-3-10-8/h1-4H,(H,10,11). The molecule has 0 radical (unpaired) electrons. The number of rotatable bonds is 1. The smallest absolute Gasteiger partial charge is 0.138 e. The first-order valence-corrected chi connectivity index (χ1v) is 4.21. The molecule has 2 heterocycles. The number of hydrogen-bond donors (Lipinski definition) is 1. The number of nitriles is 1. The molecule has 0 fully saturated rings. The molecule has 0 aromatic carbocycles. The first kappa shape index (κ1) is 7.19. The summed E-state index contributed by atoms with van der Waals surface area (Å²) in [6.07, 6.45) is 3.52. The summed E-state index contributed by atoms with van der Waals surface area (Å²) in [6, 6.07) is 3.80. The highest BCUT2D eigenvalue weighted by Gasteiger charge is 2.02. The normalized spacial score (nSPS) is 9.92. The van der Waals surface area contributed by atoms with Gasteiger partial charge in [-0.15, -0.1) is 0 Å². The summed E-state index contributed by atoms with van der Waals surface area (Å²) in [5.41, 5.74) is 0.829. The van der Waals surface area contributed by atoms with Crippen LogP contribution in [0.1, 0.15) is 0 Å². The van der Waals surface area contributed by atoms with Gasteiger partial charge in [-0.1, -0.05) is 0 Å². The molecule has 0 aliphatic carbocycles. The van der Waals surface area contributed by atoms with E-state index in [0.29, 0.717) is 0 Å². The fraction of sp³-hybridized carbons (Fsp3) is 0. The predicted molar refractivity (Wildman–Crippen MR) is 47.6 cm³/mol. The Morgan fingerprint density at radius 3 is 3.33 bits per heavy atom. The Morgan fingerprint density at radius 1 is 1.58 bits per heavy atom. The molecule has 4 heteroatoms. The first-order chi connectivity index (χ1) is 5.92. The van der Waals surface area contributed by atoms with Crippen molar-refractivity contribution in [1.29, 1.82) is 5.26 Å². The molecule has 2 rings (SSSR count). The van der Waals surface area contributed by atoms with Crippen molar-refractivity contribution in [2.75, 3.05) is 0 Å². The van der Waals surface area contributed by atoms with E-state index in [1.807, 2.05) is 17.5 Å². The Balaban J connectivity index is 2.64. The Bertz CT molecular complexity index is 441. The maximum absolute atomic E-state index is 8.48. The minimum Gasteiger partial charge on any atom is -0.345 e. The lowest BCUT2D eigenvalue weighted by molar-refractivity contribution is 1.32. The van der Waals surface area contributed by atoms with Gasteiger partial charge in [0.2, 0.25) is 0 Å². The lowest BCUT2D eigenvalue weighted by atomic mass is 10.3. The van der Waals surface area contributed by atoms with Gasteiger partial charge in [0, 0.05) is 22.7 Å². The number of hydrogen-bond acceptors (Lipinski definition) is 3. The second kappa shape index (κ2) is 2.88. The van der Waals surface area contributed by atoms with Crippen LogP contribution in [0.15, 0.2) is 29.4 Å². The molecule has 1 N–H and O–H groups in total. The quantitative estimate of drug-likeness (QED) is 0.533. The highest BCUT2D eigenvalue weighted by molar-refractivity contribution is 8.04. The molecule has 0 spiro atoms. The maximum Gasteiger partial charge on any atom is 0.138 e. The van der Waals surface area contributed by atoms with E-state index < -0.39 is 0 Å². The van der Waals surface area contributed by atoms with Crippen molar-refractivity contribution in [3.8, 4) is 5.40 Å². The predicted octanol–water partition coefficient (Wildman–Crippen LogP) is 2.14. The third kappa shape index (κ3) is 1.04. The van der Waals surface area contributed by atoms with Gasteiger partial charge >= 0.3 is 0 Å². The topological polar surface area (TPSA) is 52.5 Å². The average Bonchev–Trinajstić information content (AvgIpc) is 2.50. The fourth-order valence-electron chi connectivity index (χ4n) is 1.06. The lowest BCUT2D eigenvalue weighted by Crippen LogP contribution is -1.71. The van der Waals surface area contributed by atoms with Gasteiger partial charge in [0.15, 0.2) is 0 Å². The number of fused-ring (bicyclic) bond motifs is 1. The molecule has 0 amide bonds. The van der Waals surface area contributed by atoms with Gasteiger partial charge in [-0.3, -0.25) is 0 Å². The number of thioether (sulfide) groups is 1. The third-order valence-corrected chi connectivity index (χ3v) is 2.22. The number of aromatic nitrogens is 2. The molecule has 0 unspecified atom stereocenters. The third-order valence-electron chi connectivity index (χ3n) is 1.57. The molecular formula is C8H5N3S. The number of H-pyrrole nitrogens is 1. The summed E-state index contributed by atoms with van der Waals surface area (Å²) in [4.78, 5) is 8.03. The van der Waals surface area contributed by atoms with E-state index >= 15 is 0 Å². The Labute approximate surface area is 73.4 Å². The number of nitrogens with zero attached hydrogens (tertiary/aromatic N) is 2. The molecule has 0 atom stereocenters. The zero-order chi connectivity index (χ0) is 8.39. The van der Waals surface area contributed by atoms with E-state index in [2.05, 4.69) is 9.97 Å². The summed E-state index contributed by atoms with van der Waals surface area (Å²) in [6.45, 7) is 0. The van der Waals surface area contributed by atoms with Crippen LogP contribution >= 0.6 is 11.8 Å². The second-order valence-corrected chi connectivity index (χ2v) is 3.07. The first-order valence-electron chi connectivity index (χ1n) is 3.40. The van der Waals surface area contributed by atoms with Gasteiger partial charge in [-0.05, 0) is 23.9 Å². The van der Waals surface area contributed by atoms with Crippen molar-refractivity contribution in [2.24, 2.45) is 0 Å². The Kier molecular flexibility index (Phi) is 1.72. The van der Waals surface area contributed by atoms with Crippen LogP contribution in [0.25, 0.3) is 11.0 Å². The number of pyridine rings is 1. The van der Waals surface area contributed by atoms with E-state index in [1.54, 1.807) is 12.4 Å². The van der Waals surface area contributed by atoms with Crippen molar-refractivity contribution in [2.45, 2.75) is 4.90 Å². The SMILES string of the molecule is N#CSc1c[nH]c2ncccc12. The zero-order valence-electron chi connectivity index (χ0n) is 6.11. The highest BCUT2D eigenvalue weighted by Crippen LogP contribution is 2.25. The van der Waals surface area contributed by atoms with Crippen molar-refractivity contribution in [3.63, 3.8) is 0 Å². The van der Waals surface area contributed by atoms with Crippen LogP contribution in [0.3, 0.4) is 0 Å². The van der Waals surface area contributed by atoms with Gasteiger partial charge < -0.3 is 4.98 Å². The van der Waals surface area contributed by atoms with Crippen LogP contribution in [0.2, 0.25) is 0 Å². The Hall–Kier alpha value is -1.47. The number of nitrogens with one attached hydrogen (secondary N) is 1. The molecule has 2 aromatic heterocycles. The van der Waals surface area contributed by atoms with Gasteiger partial charge in [0.05, 0.1) is 0 Å². The van der Waals surface area contributed by atoms with Gasteiger partial charge in [0.1, 0.15) is 11.0 Å². The summed E-state index contributed by atoms with van der Waals surface area (Å²) >= 11 is 1.15. The van der Waals surface area contributed by atoms with Crippen LogP contribution < -0.4 is 0 Å². The Morgan fingerprint density at radius 2 is 2.50 bits per heavy atom. The minimum absolute atomic E-state index is 0.829. The monoisotopic (exact) mass is 175 g/mol. The van der Waals surface area contributed by atoms with Crippen LogP contribution in [0.4, 0.5) is 0 Å². The minimum atomic E-state index is 0.829. The largest absolute Gasteiger partial charge is 0.345 e. The van der Waals surface area contributed by atoms with Crippen LogP contribution in [-0.2, 0) is 0 Å². The van der Waals surface area contributed by atoms with E-state index in [4.69, 9.17) is 5.26 Å². The van der Waals surface area contributed by atoms with Gasteiger partial charge in [-0.25, -0.2) is 4.98 Å². The van der Waals surface area contributed by atoms with Gasteiger partial charge in [-0.2, -0.15) is 5.26 Å². The molecular weight excluding hydrogens is 170 g/mol. The molecule has 0 saturated heterocycles. The molecule has 2 aromatic rings. The molecule has 3 nitrogen and oxygen atoms in total. The van der Waals surface area contributed by atoms with Crippen LogP contribution in [-0.4, -0.2) is 9.97 Å². The lowest BCUT2D eigenvalue weighted by Gasteiger charge is -1.87. The molecule has 0 aliphatic heterocycles. The van der Waals surface area contributed by atoms with E-state index in [0.717, 1.165) is 27.7 Å². The van der Waals surface area contributed by atoms with E-state index in [9.17, 15) is 0 Å². The van der Waals surface area contributed by atoms with E-state index in [-0.39, 0.29) is 0 Å². The molecule has 12 heavy (non-hydrogen) atoms.